The molecule has 0 aliphatic rings. The molecule has 0 aromatic heterocycles. The Morgan fingerprint density at radius 1 is 1.22 bits per heavy atom. The topological polar surface area (TPSA) is 21.1 Å². The summed E-state index contributed by atoms with van der Waals surface area (Å²) in [5.41, 5.74) is 0. The summed E-state index contributed by atoms with van der Waals surface area (Å²) in [6.45, 7) is 9.60. The third-order valence-corrected chi connectivity index (χ3v) is 1.79. The van der Waals surface area contributed by atoms with Gasteiger partial charge in [-0.3, -0.25) is 0 Å². The van der Waals surface area contributed by atoms with Crippen LogP contribution in [0.3, 0.4) is 0 Å². The molecule has 0 rings (SSSR count). The summed E-state index contributed by atoms with van der Waals surface area (Å²) in [5.74, 6) is 0. The van der Waals surface area contributed by atoms with Crippen molar-refractivity contribution in [3.8, 4) is 0 Å². The summed E-state index contributed by atoms with van der Waals surface area (Å²) in [5, 5.41) is 2.24. The molecule has 56 valence electrons. The number of nitrogens with two attached hydrogens (primary N) is 1. The van der Waals surface area contributed by atoms with Crippen LogP contribution in [0.1, 0.15) is 13.8 Å². The van der Waals surface area contributed by atoms with Gasteiger partial charge in [-0.15, -0.1) is 0 Å². The summed E-state index contributed by atoms with van der Waals surface area (Å²) in [4.78, 5) is 1.70. The van der Waals surface area contributed by atoms with Crippen molar-refractivity contribution in [2.45, 2.75) is 13.8 Å². The van der Waals surface area contributed by atoms with Crippen LogP contribution in [0.2, 0.25) is 0 Å². The van der Waals surface area contributed by atoms with Gasteiger partial charge in [-0.05, 0) is 13.8 Å². The van der Waals surface area contributed by atoms with E-state index >= 15 is 0 Å². The molecule has 0 aromatic carbocycles. The molecule has 0 aromatic rings. The first-order chi connectivity index (χ1) is 4.35. The predicted molar refractivity (Wildman–Crippen MR) is 39.6 cm³/mol. The predicted octanol–water partition coefficient (Wildman–Crippen LogP) is -1.90. The van der Waals surface area contributed by atoms with E-state index < -0.39 is 0 Å². The first kappa shape index (κ1) is 8.92. The summed E-state index contributed by atoms with van der Waals surface area (Å²) in [7, 11) is 2.13. The average Bonchev–Trinajstić information content (AvgIpc) is 1.91. The number of likely N-dealkylation sites (N-methyl/N-ethyl adjacent to an activating group) is 2. The zero-order valence-electron chi connectivity index (χ0n) is 6.91. The lowest BCUT2D eigenvalue weighted by molar-refractivity contribution is -0.908. The van der Waals surface area contributed by atoms with Gasteiger partial charge in [0, 0.05) is 0 Å². The van der Waals surface area contributed by atoms with Gasteiger partial charge in [0.2, 0.25) is 0 Å². The van der Waals surface area contributed by atoms with Gasteiger partial charge in [0.25, 0.3) is 0 Å². The Labute approximate surface area is 58.2 Å². The fourth-order valence-electron chi connectivity index (χ4n) is 0.952. The van der Waals surface area contributed by atoms with Crippen LogP contribution in [0.5, 0.6) is 0 Å². The molecule has 0 amide bonds. The summed E-state index contributed by atoms with van der Waals surface area (Å²) >= 11 is 0. The maximum atomic E-state index is 2.24. The average molecular weight is 132 g/mol. The Morgan fingerprint density at radius 3 is 2.11 bits per heavy atom. The molecular formula is C7H20N2+2. The van der Waals surface area contributed by atoms with Crippen LogP contribution in [0, 0.1) is 0 Å². The van der Waals surface area contributed by atoms with Crippen molar-refractivity contribution in [1.82, 2.24) is 0 Å². The van der Waals surface area contributed by atoms with Crippen molar-refractivity contribution in [2.24, 2.45) is 0 Å². The van der Waals surface area contributed by atoms with Gasteiger partial charge >= 0.3 is 0 Å². The van der Waals surface area contributed by atoms with Gasteiger partial charge in [0.1, 0.15) is 13.1 Å². The van der Waals surface area contributed by atoms with E-state index in [1.807, 2.05) is 0 Å². The number of quaternary nitrogens is 2. The number of hydrogen-bond donors (Lipinski definition) is 2. The van der Waals surface area contributed by atoms with Gasteiger partial charge in [-0.25, -0.2) is 0 Å². The highest BCUT2D eigenvalue weighted by Crippen LogP contribution is 1.45. The number of rotatable bonds is 5. The second-order valence-electron chi connectivity index (χ2n) is 2.40. The van der Waals surface area contributed by atoms with Gasteiger partial charge in [-0.2, -0.15) is 0 Å². The summed E-state index contributed by atoms with van der Waals surface area (Å²) in [6, 6.07) is 0. The Morgan fingerprint density at radius 2 is 1.78 bits per heavy atom. The third kappa shape index (κ3) is 4.43. The fourth-order valence-corrected chi connectivity index (χ4v) is 0.952. The third-order valence-electron chi connectivity index (χ3n) is 1.79. The van der Waals surface area contributed by atoms with Gasteiger partial charge < -0.3 is 10.2 Å². The smallest absolute Gasteiger partial charge is 0.127 e. The number of hydrogen-bond acceptors (Lipinski definition) is 0. The molecule has 0 unspecified atom stereocenters. The second kappa shape index (κ2) is 6.05. The largest absolute Gasteiger partial charge is 0.344 e. The van der Waals surface area contributed by atoms with Crippen LogP contribution in [0.4, 0.5) is 0 Å². The lowest BCUT2D eigenvalue weighted by Crippen LogP contribution is -3.13. The summed E-state index contributed by atoms with van der Waals surface area (Å²) in [6.07, 6.45) is 0. The molecule has 3 N–H and O–H groups in total. The van der Waals surface area contributed by atoms with Crippen LogP contribution >= 0.6 is 0 Å². The normalized spacial score (nSPS) is 10.7. The Hall–Kier alpha value is -0.0800. The van der Waals surface area contributed by atoms with Crippen molar-refractivity contribution < 1.29 is 10.2 Å². The van der Waals surface area contributed by atoms with E-state index in [-0.39, 0.29) is 0 Å². The zero-order valence-corrected chi connectivity index (χ0v) is 6.91. The van der Waals surface area contributed by atoms with E-state index in [1.54, 1.807) is 4.90 Å². The standard InChI is InChI=1S/C7H18N2/c1-4-9(5-2)7-6-8-3/h8H,4-7H2,1-3H3/p+2. The number of nitrogens with one attached hydrogen (secondary N) is 1. The molecule has 2 heteroatoms. The highest BCUT2D eigenvalue weighted by Gasteiger charge is 1.99. The van der Waals surface area contributed by atoms with Crippen molar-refractivity contribution in [3.05, 3.63) is 0 Å². The molecule has 2 nitrogen and oxygen atoms in total. The van der Waals surface area contributed by atoms with Crippen LogP contribution in [0.25, 0.3) is 0 Å². The molecule has 0 aliphatic heterocycles. The van der Waals surface area contributed by atoms with Crippen molar-refractivity contribution in [1.29, 1.82) is 0 Å². The van der Waals surface area contributed by atoms with E-state index in [0.29, 0.717) is 0 Å². The molecule has 0 aliphatic carbocycles. The van der Waals surface area contributed by atoms with Gasteiger partial charge in [0.15, 0.2) is 0 Å². The molecule has 0 saturated heterocycles. The minimum atomic E-state index is 1.26. The fraction of sp³-hybridized carbons (Fsp3) is 1.00. The molecule has 0 saturated carbocycles. The minimum Gasteiger partial charge on any atom is -0.344 e. The molecule has 0 fully saturated rings. The van der Waals surface area contributed by atoms with Crippen LogP contribution in [-0.4, -0.2) is 33.2 Å². The molecule has 0 atom stereocenters. The Balaban J connectivity index is 3.09. The molecule has 9 heavy (non-hydrogen) atoms. The molecule has 0 heterocycles. The van der Waals surface area contributed by atoms with E-state index in [1.165, 1.54) is 26.2 Å². The molecular weight excluding hydrogens is 112 g/mol. The van der Waals surface area contributed by atoms with E-state index in [9.17, 15) is 0 Å². The van der Waals surface area contributed by atoms with E-state index in [2.05, 4.69) is 26.2 Å². The first-order valence-electron chi connectivity index (χ1n) is 3.96. The summed E-state index contributed by atoms with van der Waals surface area (Å²) < 4.78 is 0. The Bertz CT molecular complexity index is 50.9. The highest BCUT2D eigenvalue weighted by atomic mass is 15.1. The van der Waals surface area contributed by atoms with Crippen LogP contribution in [0.15, 0.2) is 0 Å². The van der Waals surface area contributed by atoms with Crippen LogP contribution < -0.4 is 10.2 Å². The maximum absolute atomic E-state index is 2.24. The van der Waals surface area contributed by atoms with E-state index in [4.69, 9.17) is 0 Å². The molecule has 0 radical (unpaired) electrons. The molecule has 0 spiro atoms. The van der Waals surface area contributed by atoms with Crippen molar-refractivity contribution in [2.75, 3.05) is 33.2 Å². The lowest BCUT2D eigenvalue weighted by atomic mass is 10.5. The highest BCUT2D eigenvalue weighted by molar-refractivity contribution is 4.19. The maximum Gasteiger partial charge on any atom is 0.127 e. The van der Waals surface area contributed by atoms with Crippen molar-refractivity contribution in [3.63, 3.8) is 0 Å². The second-order valence-corrected chi connectivity index (χ2v) is 2.40. The Kier molecular flexibility index (Phi) is 5.99. The van der Waals surface area contributed by atoms with Gasteiger partial charge in [0.05, 0.1) is 20.1 Å². The van der Waals surface area contributed by atoms with E-state index in [0.717, 1.165) is 0 Å². The SMILES string of the molecule is CC[NH+](CC)CC[NH2+]C. The minimum absolute atomic E-state index is 1.26. The van der Waals surface area contributed by atoms with Gasteiger partial charge in [-0.1, -0.05) is 0 Å². The van der Waals surface area contributed by atoms with Crippen LogP contribution in [-0.2, 0) is 0 Å². The monoisotopic (exact) mass is 132 g/mol. The lowest BCUT2D eigenvalue weighted by Gasteiger charge is -2.12. The first-order valence-corrected chi connectivity index (χ1v) is 3.96. The molecule has 0 bridgehead atoms. The van der Waals surface area contributed by atoms with Crippen molar-refractivity contribution >= 4 is 0 Å². The quantitative estimate of drug-likeness (QED) is 0.436. The zero-order chi connectivity index (χ0) is 7.11.